The minimum atomic E-state index is -0.394. The highest BCUT2D eigenvalue weighted by Crippen LogP contribution is 2.30. The van der Waals surface area contributed by atoms with Gasteiger partial charge in [0.25, 0.3) is 5.91 Å². The van der Waals surface area contributed by atoms with E-state index in [4.69, 9.17) is 21.1 Å². The molecule has 6 nitrogen and oxygen atoms in total. The van der Waals surface area contributed by atoms with Crippen LogP contribution in [0, 0.1) is 0 Å². The van der Waals surface area contributed by atoms with Crippen LogP contribution in [0.15, 0.2) is 18.2 Å². The Bertz CT molecular complexity index is 633. The van der Waals surface area contributed by atoms with E-state index in [0.29, 0.717) is 30.4 Å². The Balaban J connectivity index is 2.23. The summed E-state index contributed by atoms with van der Waals surface area (Å²) >= 11 is 6.68. The number of nitrogens with one attached hydrogen (secondary N) is 1. The largest absolute Gasteiger partial charge is 0.494 e. The maximum atomic E-state index is 12.1. The van der Waals surface area contributed by atoms with Gasteiger partial charge in [-0.05, 0) is 37.6 Å². The second-order valence-electron chi connectivity index (χ2n) is 3.84. The predicted molar refractivity (Wildman–Crippen MR) is 81.7 cm³/mol. The summed E-state index contributed by atoms with van der Waals surface area (Å²) < 4.78 is 11.1. The van der Waals surface area contributed by atoms with Crippen LogP contribution in [0.25, 0.3) is 0 Å². The zero-order valence-electron chi connectivity index (χ0n) is 11.6. The van der Waals surface area contributed by atoms with Gasteiger partial charge >= 0.3 is 0 Å². The molecule has 8 heteroatoms. The fraction of sp³-hybridized carbons (Fsp3) is 0.308. The summed E-state index contributed by atoms with van der Waals surface area (Å²) in [5.41, 5.74) is 0.513. The first kappa shape index (κ1) is 15.5. The smallest absolute Gasteiger partial charge is 0.286 e. The molecule has 0 atom stereocenters. The summed E-state index contributed by atoms with van der Waals surface area (Å²) in [6.07, 6.45) is 0. The van der Waals surface area contributed by atoms with Crippen molar-refractivity contribution < 1.29 is 14.3 Å². The standard InChI is InChI=1S/C13H14ClN3O3S/c1-3-19-8-5-6-10(20-4-2)9(7-8)15-11(18)12-16-17-13(14)21-12/h5-7H,3-4H2,1-2H3,(H,15,18). The molecule has 0 aliphatic carbocycles. The summed E-state index contributed by atoms with van der Waals surface area (Å²) in [6.45, 7) is 4.78. The van der Waals surface area contributed by atoms with Crippen LogP contribution in [-0.4, -0.2) is 29.3 Å². The molecule has 0 bridgehead atoms. The van der Waals surface area contributed by atoms with E-state index in [0.717, 1.165) is 11.3 Å². The summed E-state index contributed by atoms with van der Waals surface area (Å²) in [6, 6.07) is 5.23. The van der Waals surface area contributed by atoms with Crippen molar-refractivity contribution in [3.63, 3.8) is 0 Å². The lowest BCUT2D eigenvalue weighted by molar-refractivity contribution is 0.102. The van der Waals surface area contributed by atoms with Crippen molar-refractivity contribution in [1.29, 1.82) is 0 Å². The lowest BCUT2D eigenvalue weighted by Gasteiger charge is -2.12. The molecule has 1 amide bonds. The summed E-state index contributed by atoms with van der Waals surface area (Å²) in [7, 11) is 0. The highest BCUT2D eigenvalue weighted by Gasteiger charge is 2.15. The van der Waals surface area contributed by atoms with Crippen LogP contribution in [0.2, 0.25) is 4.47 Å². The Morgan fingerprint density at radius 3 is 2.67 bits per heavy atom. The lowest BCUT2D eigenvalue weighted by atomic mass is 10.2. The molecule has 0 fully saturated rings. The van der Waals surface area contributed by atoms with Crippen molar-refractivity contribution in [3.8, 4) is 11.5 Å². The number of benzene rings is 1. The van der Waals surface area contributed by atoms with Crippen molar-refractivity contribution >= 4 is 34.5 Å². The Kier molecular flexibility index (Phi) is 5.35. The van der Waals surface area contributed by atoms with Crippen molar-refractivity contribution in [1.82, 2.24) is 10.2 Å². The van der Waals surface area contributed by atoms with Gasteiger partial charge in [-0.2, -0.15) is 0 Å². The number of rotatable bonds is 6. The predicted octanol–water partition coefficient (Wildman–Crippen LogP) is 3.24. The zero-order chi connectivity index (χ0) is 15.2. The van der Waals surface area contributed by atoms with Crippen LogP contribution in [0.3, 0.4) is 0 Å². The maximum Gasteiger partial charge on any atom is 0.286 e. The number of nitrogens with zero attached hydrogens (tertiary/aromatic N) is 2. The van der Waals surface area contributed by atoms with E-state index in [9.17, 15) is 4.79 Å². The third-order valence-electron chi connectivity index (χ3n) is 2.40. The topological polar surface area (TPSA) is 73.3 Å². The number of anilines is 1. The average Bonchev–Trinajstić information content (AvgIpc) is 2.89. The van der Waals surface area contributed by atoms with Crippen molar-refractivity contribution in [3.05, 3.63) is 27.7 Å². The van der Waals surface area contributed by atoms with Crippen molar-refractivity contribution in [2.24, 2.45) is 0 Å². The van der Waals surface area contributed by atoms with Gasteiger partial charge in [-0.15, -0.1) is 10.2 Å². The first-order valence-electron chi connectivity index (χ1n) is 6.34. The summed E-state index contributed by atoms with van der Waals surface area (Å²) in [4.78, 5) is 12.1. The highest BCUT2D eigenvalue weighted by atomic mass is 35.5. The second-order valence-corrected chi connectivity index (χ2v) is 5.40. The Morgan fingerprint density at radius 1 is 1.29 bits per heavy atom. The monoisotopic (exact) mass is 327 g/mol. The Hall–Kier alpha value is -1.86. The van der Waals surface area contributed by atoms with Crippen LogP contribution in [-0.2, 0) is 0 Å². The number of halogens is 1. The van der Waals surface area contributed by atoms with Gasteiger partial charge in [0.1, 0.15) is 11.5 Å². The van der Waals surface area contributed by atoms with E-state index in [1.165, 1.54) is 0 Å². The fourth-order valence-corrected chi connectivity index (χ4v) is 2.34. The minimum Gasteiger partial charge on any atom is -0.494 e. The number of amides is 1. The summed E-state index contributed by atoms with van der Waals surface area (Å²) in [5, 5.41) is 10.2. The molecule has 1 N–H and O–H groups in total. The molecule has 0 saturated heterocycles. The fourth-order valence-electron chi connectivity index (χ4n) is 1.62. The number of hydrogen-bond donors (Lipinski definition) is 1. The number of hydrogen-bond acceptors (Lipinski definition) is 6. The van der Waals surface area contributed by atoms with Crippen LogP contribution >= 0.6 is 22.9 Å². The molecular formula is C13H14ClN3O3S. The van der Waals surface area contributed by atoms with Crippen LogP contribution in [0.1, 0.15) is 23.6 Å². The Morgan fingerprint density at radius 2 is 2.05 bits per heavy atom. The van der Waals surface area contributed by atoms with E-state index < -0.39 is 5.91 Å². The van der Waals surface area contributed by atoms with Gasteiger partial charge in [-0.25, -0.2) is 0 Å². The molecule has 21 heavy (non-hydrogen) atoms. The molecule has 1 aromatic carbocycles. The molecule has 1 aromatic heterocycles. The van der Waals surface area contributed by atoms with E-state index >= 15 is 0 Å². The quantitative estimate of drug-likeness (QED) is 0.881. The van der Waals surface area contributed by atoms with Gasteiger partial charge in [0, 0.05) is 6.07 Å². The van der Waals surface area contributed by atoms with E-state index in [1.54, 1.807) is 18.2 Å². The normalized spacial score (nSPS) is 10.2. The molecule has 0 unspecified atom stereocenters. The van der Waals surface area contributed by atoms with Crippen LogP contribution in [0.5, 0.6) is 11.5 Å². The van der Waals surface area contributed by atoms with Gasteiger partial charge in [0.2, 0.25) is 9.47 Å². The third kappa shape index (κ3) is 4.05. The lowest BCUT2D eigenvalue weighted by Crippen LogP contribution is -2.13. The number of carbonyl (C=O) groups is 1. The van der Waals surface area contributed by atoms with E-state index in [1.807, 2.05) is 13.8 Å². The van der Waals surface area contributed by atoms with Gasteiger partial charge in [0.05, 0.1) is 18.9 Å². The van der Waals surface area contributed by atoms with Gasteiger partial charge in [-0.1, -0.05) is 11.3 Å². The van der Waals surface area contributed by atoms with Gasteiger partial charge in [0.15, 0.2) is 0 Å². The number of aromatic nitrogens is 2. The molecule has 112 valence electrons. The van der Waals surface area contributed by atoms with E-state index in [-0.39, 0.29) is 9.47 Å². The van der Waals surface area contributed by atoms with Gasteiger partial charge < -0.3 is 14.8 Å². The van der Waals surface area contributed by atoms with Crippen molar-refractivity contribution in [2.75, 3.05) is 18.5 Å². The maximum absolute atomic E-state index is 12.1. The highest BCUT2D eigenvalue weighted by molar-refractivity contribution is 7.17. The van der Waals surface area contributed by atoms with Crippen LogP contribution < -0.4 is 14.8 Å². The zero-order valence-corrected chi connectivity index (χ0v) is 13.1. The molecule has 1 heterocycles. The SMILES string of the molecule is CCOc1ccc(OCC)c(NC(=O)c2nnc(Cl)s2)c1. The van der Waals surface area contributed by atoms with Crippen LogP contribution in [0.4, 0.5) is 5.69 Å². The molecule has 0 saturated carbocycles. The Labute approximate surface area is 131 Å². The molecule has 2 rings (SSSR count). The summed E-state index contributed by atoms with van der Waals surface area (Å²) in [5.74, 6) is 0.811. The average molecular weight is 328 g/mol. The molecule has 2 aromatic rings. The second kappa shape index (κ2) is 7.24. The molecular weight excluding hydrogens is 314 g/mol. The number of carbonyl (C=O) groups excluding carboxylic acids is 1. The molecule has 0 aliphatic heterocycles. The molecule has 0 spiro atoms. The first-order valence-corrected chi connectivity index (χ1v) is 7.53. The van der Waals surface area contributed by atoms with Crippen molar-refractivity contribution in [2.45, 2.75) is 13.8 Å². The third-order valence-corrected chi connectivity index (χ3v) is 3.42. The van der Waals surface area contributed by atoms with Gasteiger partial charge in [-0.3, -0.25) is 4.79 Å². The number of ether oxygens (including phenoxy) is 2. The molecule has 0 radical (unpaired) electrons. The molecule has 0 aliphatic rings. The minimum absolute atomic E-state index is 0.185. The van der Waals surface area contributed by atoms with E-state index in [2.05, 4.69) is 15.5 Å². The first-order chi connectivity index (χ1) is 10.1.